The Morgan fingerprint density at radius 2 is 2.03 bits per heavy atom. The molecule has 2 rings (SSSR count). The van der Waals surface area contributed by atoms with E-state index in [1.165, 1.54) is 7.11 Å². The van der Waals surface area contributed by atoms with Crippen LogP contribution in [0.1, 0.15) is 30.4 Å². The van der Waals surface area contributed by atoms with E-state index in [2.05, 4.69) is 10.6 Å². The lowest BCUT2D eigenvalue weighted by atomic mass is 10.0. The van der Waals surface area contributed by atoms with Gasteiger partial charge in [0.1, 0.15) is 17.4 Å². The van der Waals surface area contributed by atoms with E-state index in [0.717, 1.165) is 5.39 Å². The van der Waals surface area contributed by atoms with Crippen molar-refractivity contribution in [2.24, 2.45) is 5.73 Å². The molecule has 0 unspecified atom stereocenters. The third kappa shape index (κ3) is 5.97. The zero-order valence-corrected chi connectivity index (χ0v) is 16.8. The van der Waals surface area contributed by atoms with Gasteiger partial charge < -0.3 is 30.6 Å². The second-order valence-corrected chi connectivity index (χ2v) is 6.75. The Morgan fingerprint density at radius 1 is 1.30 bits per heavy atom. The van der Waals surface area contributed by atoms with Gasteiger partial charge in [-0.15, -0.1) is 0 Å². The van der Waals surface area contributed by atoms with Crippen LogP contribution in [0, 0.1) is 6.92 Å². The molecular weight excluding hydrogens is 394 g/mol. The Morgan fingerprint density at radius 3 is 2.67 bits per heavy atom. The summed E-state index contributed by atoms with van der Waals surface area (Å²) in [5, 5.41) is 14.8. The van der Waals surface area contributed by atoms with Crippen LogP contribution >= 0.6 is 0 Å². The Kier molecular flexibility index (Phi) is 7.79. The highest BCUT2D eigenvalue weighted by molar-refractivity contribution is 5.84. The first-order valence-electron chi connectivity index (χ1n) is 9.38. The summed E-state index contributed by atoms with van der Waals surface area (Å²) in [4.78, 5) is 46.5. The number of benzene rings is 1. The number of carboxylic acid groups (broad SMARTS) is 1. The molecule has 0 aliphatic heterocycles. The van der Waals surface area contributed by atoms with Crippen molar-refractivity contribution in [3.05, 3.63) is 39.7 Å². The summed E-state index contributed by atoms with van der Waals surface area (Å²) >= 11 is 0. The predicted octanol–water partition coefficient (Wildman–Crippen LogP) is 1.06. The first-order chi connectivity index (χ1) is 14.2. The van der Waals surface area contributed by atoms with E-state index in [4.69, 9.17) is 14.9 Å². The van der Waals surface area contributed by atoms with Crippen LogP contribution in [-0.4, -0.2) is 42.7 Å². The van der Waals surface area contributed by atoms with E-state index in [1.807, 2.05) is 0 Å². The lowest BCUT2D eigenvalue weighted by molar-refractivity contribution is -0.142. The monoisotopic (exact) mass is 419 g/mol. The highest BCUT2D eigenvalue weighted by Gasteiger charge is 2.20. The van der Waals surface area contributed by atoms with Crippen molar-refractivity contribution in [1.82, 2.24) is 10.6 Å². The maximum absolute atomic E-state index is 12.3. The highest BCUT2D eigenvalue weighted by atomic mass is 16.5. The fourth-order valence-electron chi connectivity index (χ4n) is 3.07. The van der Waals surface area contributed by atoms with Gasteiger partial charge in [-0.1, -0.05) is 0 Å². The molecule has 1 aromatic carbocycles. The SMILES string of the molecule is COc1ccc2c(C)c(CCC(=O)N[C@@H](CCCNC(N)=O)C(=O)O)c(=O)oc2c1. The Bertz CT molecular complexity index is 1000. The molecule has 0 radical (unpaired) electrons. The third-order valence-electron chi connectivity index (χ3n) is 4.70. The van der Waals surface area contributed by atoms with Crippen molar-refractivity contribution in [2.75, 3.05) is 13.7 Å². The van der Waals surface area contributed by atoms with Gasteiger partial charge in [-0.25, -0.2) is 14.4 Å². The van der Waals surface area contributed by atoms with Gasteiger partial charge in [-0.2, -0.15) is 0 Å². The summed E-state index contributed by atoms with van der Waals surface area (Å²) in [5.74, 6) is -1.13. The van der Waals surface area contributed by atoms with Crippen LogP contribution in [0.25, 0.3) is 11.0 Å². The molecule has 5 N–H and O–H groups in total. The van der Waals surface area contributed by atoms with Gasteiger partial charge in [0.25, 0.3) is 0 Å². The molecule has 10 nitrogen and oxygen atoms in total. The molecule has 0 fully saturated rings. The highest BCUT2D eigenvalue weighted by Crippen LogP contribution is 2.24. The van der Waals surface area contributed by atoms with Gasteiger partial charge in [-0.05, 0) is 43.9 Å². The van der Waals surface area contributed by atoms with Gasteiger partial charge >= 0.3 is 17.6 Å². The number of amides is 3. The number of carbonyl (C=O) groups is 3. The zero-order chi connectivity index (χ0) is 22.3. The minimum Gasteiger partial charge on any atom is -0.497 e. The van der Waals surface area contributed by atoms with Crippen molar-refractivity contribution in [3.8, 4) is 5.75 Å². The standard InChI is InChI=1S/C20H25N3O7/c1-11-13-6-5-12(29-2)10-16(13)30-19(27)14(11)7-8-17(24)23-15(18(25)26)4-3-9-22-20(21)28/h5-6,10,15H,3-4,7-9H2,1-2H3,(H,23,24)(H,25,26)(H3,21,22,28)/t15-/m0/s1. The number of methoxy groups -OCH3 is 1. The summed E-state index contributed by atoms with van der Waals surface area (Å²) in [6, 6.07) is 3.33. The second kappa shape index (κ2) is 10.3. The van der Waals surface area contributed by atoms with Gasteiger partial charge in [0, 0.05) is 30.0 Å². The number of fused-ring (bicyclic) bond motifs is 1. The molecule has 0 aliphatic rings. The number of aryl methyl sites for hydroxylation is 1. The van der Waals surface area contributed by atoms with Crippen molar-refractivity contribution in [2.45, 2.75) is 38.6 Å². The van der Waals surface area contributed by atoms with Crippen molar-refractivity contribution < 1.29 is 28.6 Å². The molecule has 162 valence electrons. The molecule has 0 bridgehead atoms. The molecule has 1 aromatic heterocycles. The lowest BCUT2D eigenvalue weighted by Crippen LogP contribution is -2.41. The number of ether oxygens (including phenoxy) is 1. The van der Waals surface area contributed by atoms with Crippen molar-refractivity contribution in [1.29, 1.82) is 0 Å². The first-order valence-corrected chi connectivity index (χ1v) is 9.38. The number of urea groups is 1. The van der Waals surface area contributed by atoms with Crippen LogP contribution in [-0.2, 0) is 16.0 Å². The summed E-state index contributed by atoms with van der Waals surface area (Å²) in [6.07, 6.45) is 0.492. The third-order valence-corrected chi connectivity index (χ3v) is 4.70. The minimum absolute atomic E-state index is 0.0728. The minimum atomic E-state index is -1.18. The molecule has 3 amide bonds. The number of rotatable bonds is 10. The Labute approximate surface area is 172 Å². The summed E-state index contributed by atoms with van der Waals surface area (Å²) < 4.78 is 10.5. The first kappa shape index (κ1) is 22.7. The van der Waals surface area contributed by atoms with E-state index >= 15 is 0 Å². The zero-order valence-electron chi connectivity index (χ0n) is 16.8. The average molecular weight is 419 g/mol. The Hall–Kier alpha value is -3.56. The van der Waals surface area contributed by atoms with Crippen LogP contribution in [0.4, 0.5) is 4.79 Å². The molecule has 0 saturated carbocycles. The molecule has 10 heteroatoms. The number of aliphatic carboxylic acids is 1. The number of nitrogens with two attached hydrogens (primary N) is 1. The molecule has 0 spiro atoms. The Balaban J connectivity index is 2.02. The fraction of sp³-hybridized carbons (Fsp3) is 0.400. The predicted molar refractivity (Wildman–Crippen MR) is 108 cm³/mol. The fourth-order valence-corrected chi connectivity index (χ4v) is 3.07. The summed E-state index contributed by atoms with van der Waals surface area (Å²) in [5.41, 5.74) is 5.84. The van der Waals surface area contributed by atoms with E-state index in [9.17, 15) is 24.3 Å². The average Bonchev–Trinajstić information content (AvgIpc) is 2.69. The molecule has 0 aliphatic carbocycles. The number of primary amides is 1. The molecule has 1 heterocycles. The van der Waals surface area contributed by atoms with Crippen molar-refractivity contribution in [3.63, 3.8) is 0 Å². The normalized spacial score (nSPS) is 11.7. The van der Waals surface area contributed by atoms with Gasteiger partial charge in [0.2, 0.25) is 5.91 Å². The van der Waals surface area contributed by atoms with Crippen LogP contribution in [0.2, 0.25) is 0 Å². The lowest BCUT2D eigenvalue weighted by Gasteiger charge is -2.15. The quantitative estimate of drug-likeness (QED) is 0.331. The van der Waals surface area contributed by atoms with Gasteiger partial charge in [-0.3, -0.25) is 4.79 Å². The van der Waals surface area contributed by atoms with Gasteiger partial charge in [0.05, 0.1) is 7.11 Å². The van der Waals surface area contributed by atoms with E-state index in [0.29, 0.717) is 28.9 Å². The summed E-state index contributed by atoms with van der Waals surface area (Å²) in [6.45, 7) is 1.97. The van der Waals surface area contributed by atoms with Crippen LogP contribution in [0.5, 0.6) is 5.75 Å². The molecule has 0 saturated heterocycles. The number of hydrogen-bond donors (Lipinski definition) is 4. The maximum Gasteiger partial charge on any atom is 0.339 e. The second-order valence-electron chi connectivity index (χ2n) is 6.75. The number of carboxylic acids is 1. The summed E-state index contributed by atoms with van der Waals surface area (Å²) in [7, 11) is 1.51. The smallest absolute Gasteiger partial charge is 0.339 e. The van der Waals surface area contributed by atoms with E-state index < -0.39 is 29.6 Å². The van der Waals surface area contributed by atoms with Gasteiger partial charge in [0.15, 0.2) is 0 Å². The molecule has 2 aromatic rings. The molecule has 1 atom stereocenters. The molecular formula is C20H25N3O7. The topological polar surface area (TPSA) is 161 Å². The van der Waals surface area contributed by atoms with Crippen LogP contribution in [0.3, 0.4) is 0 Å². The van der Waals surface area contributed by atoms with E-state index in [-0.39, 0.29) is 25.8 Å². The van der Waals surface area contributed by atoms with Crippen LogP contribution in [0.15, 0.2) is 27.4 Å². The van der Waals surface area contributed by atoms with Crippen LogP contribution < -0.4 is 26.7 Å². The van der Waals surface area contributed by atoms with E-state index in [1.54, 1.807) is 25.1 Å². The number of hydrogen-bond acceptors (Lipinski definition) is 6. The molecule has 30 heavy (non-hydrogen) atoms. The maximum atomic E-state index is 12.3. The number of nitrogens with one attached hydrogen (secondary N) is 2. The largest absolute Gasteiger partial charge is 0.497 e. The van der Waals surface area contributed by atoms with Crippen molar-refractivity contribution >= 4 is 28.9 Å². The number of carbonyl (C=O) groups excluding carboxylic acids is 2.